The van der Waals surface area contributed by atoms with Crippen molar-refractivity contribution in [3.8, 4) is 5.75 Å². The molecule has 116 valence electrons. The molecule has 1 N–H and O–H groups in total. The Morgan fingerprint density at radius 2 is 2.00 bits per heavy atom. The number of halogens is 1. The van der Waals surface area contributed by atoms with Gasteiger partial charge in [0.2, 0.25) is 0 Å². The van der Waals surface area contributed by atoms with Gasteiger partial charge in [-0.3, -0.25) is 9.59 Å². The Morgan fingerprint density at radius 3 is 2.52 bits per heavy atom. The molecule has 5 nitrogen and oxygen atoms in total. The van der Waals surface area contributed by atoms with Gasteiger partial charge < -0.3 is 14.7 Å². The second-order valence-electron chi connectivity index (χ2n) is 5.22. The summed E-state index contributed by atoms with van der Waals surface area (Å²) in [5.41, 5.74) is 0. The molecule has 1 rings (SSSR count). The lowest BCUT2D eigenvalue weighted by Gasteiger charge is -2.26. The summed E-state index contributed by atoms with van der Waals surface area (Å²) in [5, 5.41) is 8.87. The first kappa shape index (κ1) is 16.9. The molecule has 0 aliphatic heterocycles. The van der Waals surface area contributed by atoms with Gasteiger partial charge in [-0.05, 0) is 25.0 Å². The molecule has 0 saturated heterocycles. The summed E-state index contributed by atoms with van der Waals surface area (Å²) in [4.78, 5) is 24.3. The molecule has 1 aromatic rings. The molecule has 0 aliphatic rings. The number of carbonyl (C=O) groups is 2. The van der Waals surface area contributed by atoms with E-state index in [1.165, 1.54) is 36.1 Å². The second kappa shape index (κ2) is 7.61. The lowest BCUT2D eigenvalue weighted by Crippen LogP contribution is -2.44. The zero-order valence-electron chi connectivity index (χ0n) is 12.4. The number of benzene rings is 1. The van der Waals surface area contributed by atoms with Crippen molar-refractivity contribution in [1.82, 2.24) is 4.90 Å². The summed E-state index contributed by atoms with van der Waals surface area (Å²) < 4.78 is 18.4. The van der Waals surface area contributed by atoms with Crippen molar-refractivity contribution < 1.29 is 23.8 Å². The van der Waals surface area contributed by atoms with Crippen molar-refractivity contribution in [1.29, 1.82) is 0 Å². The number of carboxylic acid groups (broad SMARTS) is 1. The smallest absolute Gasteiger partial charge is 0.323 e. The number of amides is 1. The number of aliphatic carboxylic acids is 1. The van der Waals surface area contributed by atoms with Crippen molar-refractivity contribution >= 4 is 11.9 Å². The van der Waals surface area contributed by atoms with Crippen LogP contribution >= 0.6 is 0 Å². The Labute approximate surface area is 123 Å². The molecular formula is C15H20FNO4. The van der Waals surface area contributed by atoms with Crippen LogP contribution in [-0.4, -0.2) is 41.1 Å². The Balaban J connectivity index is 2.75. The van der Waals surface area contributed by atoms with Crippen molar-refractivity contribution in [2.75, 3.05) is 13.1 Å². The Bertz CT molecular complexity index is 504. The third kappa shape index (κ3) is 5.81. The van der Waals surface area contributed by atoms with Gasteiger partial charge in [0.05, 0.1) is 0 Å². The van der Waals surface area contributed by atoms with E-state index >= 15 is 0 Å². The Hall–Kier alpha value is -2.11. The number of nitrogens with zero attached hydrogens (tertiary/aromatic N) is 1. The molecule has 21 heavy (non-hydrogen) atoms. The lowest BCUT2D eigenvalue weighted by atomic mass is 10.2. The Morgan fingerprint density at radius 1 is 1.33 bits per heavy atom. The van der Waals surface area contributed by atoms with E-state index in [0.717, 1.165) is 0 Å². The molecule has 1 amide bonds. The number of ether oxygens (including phenoxy) is 1. The first-order chi connectivity index (χ1) is 9.79. The third-order valence-corrected chi connectivity index (χ3v) is 2.68. The summed E-state index contributed by atoms with van der Waals surface area (Å²) in [6, 6.07) is 5.46. The normalized spacial score (nSPS) is 12.0. The van der Waals surface area contributed by atoms with Gasteiger partial charge in [-0.25, -0.2) is 4.39 Å². The minimum absolute atomic E-state index is 0.134. The Kier molecular flexibility index (Phi) is 6.14. The molecule has 0 heterocycles. The van der Waals surface area contributed by atoms with E-state index in [1.54, 1.807) is 0 Å². The van der Waals surface area contributed by atoms with Gasteiger partial charge in [0.25, 0.3) is 5.91 Å². The van der Waals surface area contributed by atoms with Crippen molar-refractivity contribution in [3.63, 3.8) is 0 Å². The average Bonchev–Trinajstić information content (AvgIpc) is 2.35. The minimum atomic E-state index is -1.08. The molecule has 0 aromatic heterocycles. The highest BCUT2D eigenvalue weighted by Crippen LogP contribution is 2.15. The highest BCUT2D eigenvalue weighted by atomic mass is 19.1. The van der Waals surface area contributed by atoms with Crippen LogP contribution in [0.1, 0.15) is 20.8 Å². The highest BCUT2D eigenvalue weighted by Gasteiger charge is 2.24. The van der Waals surface area contributed by atoms with Crippen LogP contribution in [-0.2, 0) is 9.59 Å². The number of hydrogen-bond acceptors (Lipinski definition) is 3. The molecule has 0 saturated carbocycles. The molecule has 0 aliphatic carbocycles. The van der Waals surface area contributed by atoms with Gasteiger partial charge in [0.1, 0.15) is 18.1 Å². The summed E-state index contributed by atoms with van der Waals surface area (Å²) >= 11 is 0. The van der Waals surface area contributed by atoms with Crippen LogP contribution < -0.4 is 4.74 Å². The van der Waals surface area contributed by atoms with Crippen LogP contribution in [0, 0.1) is 11.7 Å². The fourth-order valence-electron chi connectivity index (χ4n) is 1.89. The van der Waals surface area contributed by atoms with E-state index in [9.17, 15) is 14.0 Å². The van der Waals surface area contributed by atoms with Crippen LogP contribution in [0.3, 0.4) is 0 Å². The standard InChI is InChI=1S/C15H20FNO4/c1-10(2)8-17(9-14(18)19)15(20)11(3)21-13-6-4-5-12(16)7-13/h4-7,10-11H,8-9H2,1-3H3,(H,18,19). The topological polar surface area (TPSA) is 66.8 Å². The van der Waals surface area contributed by atoms with E-state index in [4.69, 9.17) is 9.84 Å². The first-order valence-corrected chi connectivity index (χ1v) is 6.72. The van der Waals surface area contributed by atoms with Gasteiger partial charge in [0, 0.05) is 12.6 Å². The van der Waals surface area contributed by atoms with E-state index in [1.807, 2.05) is 13.8 Å². The maximum atomic E-state index is 13.1. The quantitative estimate of drug-likeness (QED) is 0.837. The molecule has 6 heteroatoms. The highest BCUT2D eigenvalue weighted by molar-refractivity contribution is 5.84. The minimum Gasteiger partial charge on any atom is -0.481 e. The number of carbonyl (C=O) groups excluding carboxylic acids is 1. The molecule has 1 unspecified atom stereocenters. The zero-order chi connectivity index (χ0) is 16.0. The molecule has 0 fully saturated rings. The first-order valence-electron chi connectivity index (χ1n) is 6.72. The summed E-state index contributed by atoms with van der Waals surface area (Å²) in [5.74, 6) is -1.61. The average molecular weight is 297 g/mol. The second-order valence-corrected chi connectivity index (χ2v) is 5.22. The molecular weight excluding hydrogens is 277 g/mol. The monoisotopic (exact) mass is 297 g/mol. The van der Waals surface area contributed by atoms with Crippen LogP contribution in [0.15, 0.2) is 24.3 Å². The molecule has 0 radical (unpaired) electrons. The van der Waals surface area contributed by atoms with E-state index in [-0.39, 0.29) is 18.2 Å². The fourth-order valence-corrected chi connectivity index (χ4v) is 1.89. The van der Waals surface area contributed by atoms with Gasteiger partial charge in [-0.15, -0.1) is 0 Å². The summed E-state index contributed by atoms with van der Waals surface area (Å²) in [6.07, 6.45) is -0.884. The van der Waals surface area contributed by atoms with E-state index in [0.29, 0.717) is 6.54 Å². The largest absolute Gasteiger partial charge is 0.481 e. The summed E-state index contributed by atoms with van der Waals surface area (Å²) in [7, 11) is 0. The predicted molar refractivity (Wildman–Crippen MR) is 75.5 cm³/mol. The van der Waals surface area contributed by atoms with E-state index in [2.05, 4.69) is 0 Å². The number of hydrogen-bond donors (Lipinski definition) is 1. The lowest BCUT2D eigenvalue weighted by molar-refractivity contribution is -0.147. The van der Waals surface area contributed by atoms with Gasteiger partial charge in [0.15, 0.2) is 6.10 Å². The maximum Gasteiger partial charge on any atom is 0.323 e. The fraction of sp³-hybridized carbons (Fsp3) is 0.467. The van der Waals surface area contributed by atoms with Crippen LogP contribution in [0.5, 0.6) is 5.75 Å². The zero-order valence-corrected chi connectivity index (χ0v) is 12.4. The van der Waals surface area contributed by atoms with Gasteiger partial charge in [-0.1, -0.05) is 19.9 Å². The van der Waals surface area contributed by atoms with Crippen LogP contribution in [0.4, 0.5) is 4.39 Å². The van der Waals surface area contributed by atoms with Crippen molar-refractivity contribution in [2.45, 2.75) is 26.9 Å². The van der Waals surface area contributed by atoms with E-state index < -0.39 is 23.8 Å². The maximum absolute atomic E-state index is 13.1. The molecule has 0 bridgehead atoms. The third-order valence-electron chi connectivity index (χ3n) is 2.68. The van der Waals surface area contributed by atoms with Crippen molar-refractivity contribution in [3.05, 3.63) is 30.1 Å². The number of rotatable bonds is 7. The van der Waals surface area contributed by atoms with Crippen LogP contribution in [0.25, 0.3) is 0 Å². The molecule has 1 aromatic carbocycles. The SMILES string of the molecule is CC(C)CN(CC(=O)O)C(=O)C(C)Oc1cccc(F)c1. The van der Waals surface area contributed by atoms with Crippen molar-refractivity contribution in [2.24, 2.45) is 5.92 Å². The summed E-state index contributed by atoms with van der Waals surface area (Å²) in [6.45, 7) is 5.23. The number of carboxylic acids is 1. The van der Waals surface area contributed by atoms with Gasteiger partial charge >= 0.3 is 5.97 Å². The van der Waals surface area contributed by atoms with Gasteiger partial charge in [-0.2, -0.15) is 0 Å². The molecule has 1 atom stereocenters. The molecule has 0 spiro atoms. The van der Waals surface area contributed by atoms with Crippen LogP contribution in [0.2, 0.25) is 0 Å². The predicted octanol–water partition coefficient (Wildman–Crippen LogP) is 2.16.